The number of halogens is 1. The van der Waals surface area contributed by atoms with Gasteiger partial charge in [-0.2, -0.15) is 0 Å². The van der Waals surface area contributed by atoms with Crippen LogP contribution in [0, 0.1) is 0 Å². The average molecular weight is 433 g/mol. The van der Waals surface area contributed by atoms with Gasteiger partial charge in [-0.05, 0) is 72.4 Å². The summed E-state index contributed by atoms with van der Waals surface area (Å²) >= 11 is 3.65. The molecule has 0 unspecified atom stereocenters. The van der Waals surface area contributed by atoms with Gasteiger partial charge >= 0.3 is 0 Å². The predicted molar refractivity (Wildman–Crippen MR) is 130 cm³/mol. The molecule has 6 aromatic carbocycles. The fraction of sp³-hybridized carbons (Fsp3) is 0. The van der Waals surface area contributed by atoms with Gasteiger partial charge in [0.15, 0.2) is 0 Å². The SMILES string of the molecule is Brc1cccc(-c2cc3c4ccccc4c4ccccc4c3c3ccccc23)c1. The van der Waals surface area contributed by atoms with E-state index in [-0.39, 0.29) is 0 Å². The summed E-state index contributed by atoms with van der Waals surface area (Å²) in [4.78, 5) is 0. The third kappa shape index (κ3) is 2.51. The van der Waals surface area contributed by atoms with Gasteiger partial charge in [0.05, 0.1) is 0 Å². The van der Waals surface area contributed by atoms with Crippen molar-refractivity contribution in [3.05, 3.63) is 108 Å². The van der Waals surface area contributed by atoms with Gasteiger partial charge in [0.1, 0.15) is 0 Å². The Balaban J connectivity index is 1.93. The Morgan fingerprint density at radius 2 is 0.931 bits per heavy atom. The molecule has 0 saturated heterocycles. The second-order valence-corrected chi connectivity index (χ2v) is 8.41. The number of benzene rings is 6. The molecule has 0 radical (unpaired) electrons. The summed E-state index contributed by atoms with van der Waals surface area (Å²) < 4.78 is 1.10. The highest BCUT2D eigenvalue weighted by molar-refractivity contribution is 9.10. The van der Waals surface area contributed by atoms with E-state index >= 15 is 0 Å². The highest BCUT2D eigenvalue weighted by Crippen LogP contribution is 2.42. The normalized spacial score (nSPS) is 11.6. The third-order valence-electron chi connectivity index (χ3n) is 5.88. The Labute approximate surface area is 177 Å². The molecule has 0 fully saturated rings. The van der Waals surface area contributed by atoms with E-state index in [4.69, 9.17) is 0 Å². The first kappa shape index (κ1) is 16.8. The molecular weight excluding hydrogens is 416 g/mol. The zero-order chi connectivity index (χ0) is 19.4. The third-order valence-corrected chi connectivity index (χ3v) is 6.38. The van der Waals surface area contributed by atoms with Crippen molar-refractivity contribution in [3.8, 4) is 11.1 Å². The Kier molecular flexibility index (Phi) is 3.72. The fourth-order valence-electron chi connectivity index (χ4n) is 4.66. The van der Waals surface area contributed by atoms with Crippen molar-refractivity contribution in [1.82, 2.24) is 0 Å². The highest BCUT2D eigenvalue weighted by Gasteiger charge is 2.14. The molecule has 0 heterocycles. The average Bonchev–Trinajstić information content (AvgIpc) is 2.78. The quantitative estimate of drug-likeness (QED) is 0.228. The smallest absolute Gasteiger partial charge is 0.0181 e. The van der Waals surface area contributed by atoms with Crippen LogP contribution in [0.4, 0.5) is 0 Å². The van der Waals surface area contributed by atoms with Crippen LogP contribution < -0.4 is 0 Å². The Morgan fingerprint density at radius 3 is 1.59 bits per heavy atom. The standard InChI is InChI=1S/C28H17Br/c29-19-9-7-8-18(16-19)26-17-27-22-12-2-1-10-20(22)21-11-3-5-14-24(21)28(27)25-15-6-4-13-23(25)26/h1-17H. The molecule has 0 aromatic heterocycles. The molecule has 0 saturated carbocycles. The summed E-state index contributed by atoms with van der Waals surface area (Å²) in [6.45, 7) is 0. The summed E-state index contributed by atoms with van der Waals surface area (Å²) in [5.41, 5.74) is 2.50. The topological polar surface area (TPSA) is 0 Å². The van der Waals surface area contributed by atoms with Crippen molar-refractivity contribution in [3.63, 3.8) is 0 Å². The maximum Gasteiger partial charge on any atom is 0.0181 e. The van der Waals surface area contributed by atoms with Crippen molar-refractivity contribution < 1.29 is 0 Å². The van der Waals surface area contributed by atoms with E-state index in [1.54, 1.807) is 0 Å². The van der Waals surface area contributed by atoms with E-state index in [0.717, 1.165) is 4.47 Å². The van der Waals surface area contributed by atoms with E-state index in [1.807, 2.05) is 0 Å². The van der Waals surface area contributed by atoms with Crippen molar-refractivity contribution >= 4 is 59.0 Å². The van der Waals surface area contributed by atoms with E-state index in [1.165, 1.54) is 54.2 Å². The molecule has 0 N–H and O–H groups in total. The van der Waals surface area contributed by atoms with Gasteiger partial charge < -0.3 is 0 Å². The van der Waals surface area contributed by atoms with Gasteiger partial charge in [-0.25, -0.2) is 0 Å². The molecule has 0 atom stereocenters. The molecule has 6 rings (SSSR count). The Hall–Kier alpha value is -3.16. The minimum absolute atomic E-state index is 1.10. The number of hydrogen-bond donors (Lipinski definition) is 0. The van der Waals surface area contributed by atoms with Crippen LogP contribution in [0.5, 0.6) is 0 Å². The minimum Gasteiger partial charge on any atom is -0.0616 e. The number of rotatable bonds is 1. The lowest BCUT2D eigenvalue weighted by atomic mass is 9.87. The minimum atomic E-state index is 1.10. The molecule has 1 heteroatoms. The van der Waals surface area contributed by atoms with Gasteiger partial charge in [0.2, 0.25) is 0 Å². The van der Waals surface area contributed by atoms with Crippen molar-refractivity contribution in [2.45, 2.75) is 0 Å². The maximum absolute atomic E-state index is 3.65. The van der Waals surface area contributed by atoms with Crippen LogP contribution in [0.3, 0.4) is 0 Å². The molecule has 0 bridgehead atoms. The van der Waals surface area contributed by atoms with Gasteiger partial charge in [-0.15, -0.1) is 0 Å². The summed E-state index contributed by atoms with van der Waals surface area (Å²) in [7, 11) is 0. The van der Waals surface area contributed by atoms with Gasteiger partial charge in [-0.1, -0.05) is 101 Å². The van der Waals surface area contributed by atoms with Crippen molar-refractivity contribution in [2.24, 2.45) is 0 Å². The lowest BCUT2D eigenvalue weighted by Gasteiger charge is -2.16. The van der Waals surface area contributed by atoms with Crippen LogP contribution >= 0.6 is 15.9 Å². The van der Waals surface area contributed by atoms with E-state index in [2.05, 4.69) is 119 Å². The first-order chi connectivity index (χ1) is 14.3. The number of hydrogen-bond acceptors (Lipinski definition) is 0. The van der Waals surface area contributed by atoms with Gasteiger partial charge in [0, 0.05) is 4.47 Å². The molecule has 0 aliphatic rings. The van der Waals surface area contributed by atoms with Crippen LogP contribution in [0.25, 0.3) is 54.2 Å². The van der Waals surface area contributed by atoms with Crippen LogP contribution in [-0.4, -0.2) is 0 Å². The lowest BCUT2D eigenvalue weighted by molar-refractivity contribution is 1.63. The molecule has 29 heavy (non-hydrogen) atoms. The van der Waals surface area contributed by atoms with Crippen molar-refractivity contribution in [2.75, 3.05) is 0 Å². The van der Waals surface area contributed by atoms with Crippen molar-refractivity contribution in [1.29, 1.82) is 0 Å². The predicted octanol–water partition coefficient (Wildman–Crippen LogP) is 8.73. The fourth-order valence-corrected chi connectivity index (χ4v) is 5.06. The second kappa shape index (κ2) is 6.43. The molecule has 0 spiro atoms. The molecular formula is C28H17Br. The summed E-state index contributed by atoms with van der Waals surface area (Å²) in [6.07, 6.45) is 0. The molecule has 0 aliphatic carbocycles. The second-order valence-electron chi connectivity index (χ2n) is 7.49. The molecule has 0 amide bonds. The van der Waals surface area contributed by atoms with Crippen LogP contribution in [-0.2, 0) is 0 Å². The molecule has 0 nitrogen and oxygen atoms in total. The monoisotopic (exact) mass is 432 g/mol. The summed E-state index contributed by atoms with van der Waals surface area (Å²) in [5.74, 6) is 0. The molecule has 6 aromatic rings. The van der Waals surface area contributed by atoms with E-state index < -0.39 is 0 Å². The molecule has 0 aliphatic heterocycles. The zero-order valence-corrected chi connectivity index (χ0v) is 17.3. The lowest BCUT2D eigenvalue weighted by Crippen LogP contribution is -1.88. The maximum atomic E-state index is 3.65. The first-order valence-corrected chi connectivity index (χ1v) is 10.6. The Bertz CT molecular complexity index is 1560. The summed E-state index contributed by atoms with van der Waals surface area (Å²) in [6, 6.07) is 37.3. The van der Waals surface area contributed by atoms with E-state index in [0.29, 0.717) is 0 Å². The van der Waals surface area contributed by atoms with E-state index in [9.17, 15) is 0 Å². The van der Waals surface area contributed by atoms with Gasteiger partial charge in [0.25, 0.3) is 0 Å². The van der Waals surface area contributed by atoms with Crippen LogP contribution in [0.2, 0.25) is 0 Å². The number of fused-ring (bicyclic) bond motifs is 8. The highest BCUT2D eigenvalue weighted by atomic mass is 79.9. The first-order valence-electron chi connectivity index (χ1n) is 9.82. The van der Waals surface area contributed by atoms with Crippen LogP contribution in [0.1, 0.15) is 0 Å². The Morgan fingerprint density at radius 1 is 0.414 bits per heavy atom. The largest absolute Gasteiger partial charge is 0.0616 e. The zero-order valence-electron chi connectivity index (χ0n) is 15.7. The summed E-state index contributed by atoms with van der Waals surface area (Å²) in [5, 5.41) is 10.5. The van der Waals surface area contributed by atoms with Gasteiger partial charge in [-0.3, -0.25) is 0 Å². The molecule has 136 valence electrons. The van der Waals surface area contributed by atoms with Crippen LogP contribution in [0.15, 0.2) is 108 Å².